The molecule has 152 valence electrons. The standard InChI is InChI=1S/C21H24N4O3S/c1-14(17-11-16(27-2)9-10-19(17)28-3)23-20(26)13-29-21-24-18(12-25(21)22)15-7-5-4-6-8-15/h4-12,14H,13,22H2,1-3H3,(H,23,26)/t14-/m0/s1. The number of carbonyl (C=O) groups excluding carboxylic acids is 1. The van der Waals surface area contributed by atoms with Crippen LogP contribution in [0.3, 0.4) is 0 Å². The molecule has 1 heterocycles. The number of aromatic nitrogens is 2. The van der Waals surface area contributed by atoms with Gasteiger partial charge in [-0.25, -0.2) is 9.66 Å². The average Bonchev–Trinajstić information content (AvgIpc) is 3.13. The van der Waals surface area contributed by atoms with Gasteiger partial charge >= 0.3 is 0 Å². The van der Waals surface area contributed by atoms with Crippen LogP contribution in [0.15, 0.2) is 59.9 Å². The van der Waals surface area contributed by atoms with E-state index >= 15 is 0 Å². The summed E-state index contributed by atoms with van der Waals surface area (Å²) in [6.07, 6.45) is 1.75. The Labute approximate surface area is 174 Å². The van der Waals surface area contributed by atoms with Crippen molar-refractivity contribution in [3.8, 4) is 22.8 Å². The summed E-state index contributed by atoms with van der Waals surface area (Å²) in [7, 11) is 3.20. The Balaban J connectivity index is 1.63. The minimum atomic E-state index is -0.245. The highest BCUT2D eigenvalue weighted by molar-refractivity contribution is 7.99. The van der Waals surface area contributed by atoms with Crippen LogP contribution in [0.5, 0.6) is 11.5 Å². The molecule has 1 amide bonds. The number of hydrogen-bond donors (Lipinski definition) is 2. The SMILES string of the molecule is COc1ccc(OC)c([C@H](C)NC(=O)CSc2nc(-c3ccccc3)cn2N)c1. The number of methoxy groups -OCH3 is 2. The Morgan fingerprint density at radius 2 is 1.97 bits per heavy atom. The van der Waals surface area contributed by atoms with Crippen molar-refractivity contribution < 1.29 is 14.3 Å². The molecule has 3 N–H and O–H groups in total. The number of nitrogens with one attached hydrogen (secondary N) is 1. The third kappa shape index (κ3) is 5.03. The van der Waals surface area contributed by atoms with Crippen molar-refractivity contribution in [3.63, 3.8) is 0 Å². The lowest BCUT2D eigenvalue weighted by atomic mass is 10.1. The van der Waals surface area contributed by atoms with Gasteiger partial charge in [0.15, 0.2) is 5.16 Å². The summed E-state index contributed by atoms with van der Waals surface area (Å²) in [5.74, 6) is 7.46. The Hall–Kier alpha value is -3.13. The minimum absolute atomic E-state index is 0.128. The molecular formula is C21H24N4O3S. The Bertz CT molecular complexity index is 975. The molecule has 2 aromatic carbocycles. The van der Waals surface area contributed by atoms with Gasteiger partial charge in [-0.3, -0.25) is 4.79 Å². The molecule has 0 fully saturated rings. The van der Waals surface area contributed by atoms with Crippen molar-refractivity contribution in [1.29, 1.82) is 0 Å². The van der Waals surface area contributed by atoms with Gasteiger partial charge in [-0.05, 0) is 25.1 Å². The summed E-state index contributed by atoms with van der Waals surface area (Å²) in [6.45, 7) is 1.90. The molecule has 7 nitrogen and oxygen atoms in total. The largest absolute Gasteiger partial charge is 0.497 e. The Morgan fingerprint density at radius 3 is 2.66 bits per heavy atom. The second-order valence-corrected chi connectivity index (χ2v) is 7.31. The maximum atomic E-state index is 12.5. The average molecular weight is 413 g/mol. The maximum Gasteiger partial charge on any atom is 0.230 e. The van der Waals surface area contributed by atoms with E-state index in [0.29, 0.717) is 16.7 Å². The molecule has 29 heavy (non-hydrogen) atoms. The summed E-state index contributed by atoms with van der Waals surface area (Å²) in [6, 6.07) is 15.0. The smallest absolute Gasteiger partial charge is 0.230 e. The first-order valence-electron chi connectivity index (χ1n) is 9.05. The van der Waals surface area contributed by atoms with Gasteiger partial charge in [-0.1, -0.05) is 42.1 Å². The van der Waals surface area contributed by atoms with Gasteiger partial charge in [-0.15, -0.1) is 0 Å². The Kier molecular flexibility index (Phi) is 6.66. The molecule has 0 spiro atoms. The van der Waals surface area contributed by atoms with Crippen LogP contribution < -0.4 is 20.6 Å². The third-order valence-electron chi connectivity index (χ3n) is 4.38. The van der Waals surface area contributed by atoms with Crippen LogP contribution in [-0.4, -0.2) is 35.5 Å². The van der Waals surface area contributed by atoms with Crippen LogP contribution >= 0.6 is 11.8 Å². The van der Waals surface area contributed by atoms with E-state index in [2.05, 4.69) is 10.3 Å². The zero-order chi connectivity index (χ0) is 20.8. The molecule has 3 rings (SSSR count). The van der Waals surface area contributed by atoms with Crippen molar-refractivity contribution in [2.45, 2.75) is 18.1 Å². The predicted octanol–water partition coefficient (Wildman–Crippen LogP) is 3.25. The first kappa shape index (κ1) is 20.6. The monoisotopic (exact) mass is 412 g/mol. The number of nitrogens with two attached hydrogens (primary N) is 1. The number of thioether (sulfide) groups is 1. The van der Waals surface area contributed by atoms with E-state index in [4.69, 9.17) is 15.3 Å². The van der Waals surface area contributed by atoms with Crippen molar-refractivity contribution >= 4 is 17.7 Å². The summed E-state index contributed by atoms with van der Waals surface area (Å²) in [4.78, 5) is 17.0. The lowest BCUT2D eigenvalue weighted by Crippen LogP contribution is -2.28. The summed E-state index contributed by atoms with van der Waals surface area (Å²) in [5.41, 5.74) is 2.59. The summed E-state index contributed by atoms with van der Waals surface area (Å²) < 4.78 is 12.1. The zero-order valence-electron chi connectivity index (χ0n) is 16.6. The zero-order valence-corrected chi connectivity index (χ0v) is 17.4. The van der Waals surface area contributed by atoms with Crippen LogP contribution in [0.25, 0.3) is 11.3 Å². The molecule has 0 bridgehead atoms. The molecule has 0 radical (unpaired) electrons. The highest BCUT2D eigenvalue weighted by Gasteiger charge is 2.16. The predicted molar refractivity (Wildman–Crippen MR) is 115 cm³/mol. The molecule has 0 aliphatic carbocycles. The van der Waals surface area contributed by atoms with Crippen molar-refractivity contribution in [3.05, 3.63) is 60.3 Å². The molecule has 1 aromatic heterocycles. The van der Waals surface area contributed by atoms with Crippen LogP contribution in [0.1, 0.15) is 18.5 Å². The van der Waals surface area contributed by atoms with Gasteiger partial charge in [0.05, 0.1) is 37.9 Å². The number of carbonyl (C=O) groups is 1. The number of ether oxygens (including phenoxy) is 2. The van der Waals surface area contributed by atoms with Gasteiger partial charge in [0.25, 0.3) is 0 Å². The fourth-order valence-corrected chi connectivity index (χ4v) is 3.61. The first-order chi connectivity index (χ1) is 14.0. The number of imidazole rings is 1. The van der Waals surface area contributed by atoms with Crippen molar-refractivity contribution in [1.82, 2.24) is 15.0 Å². The second-order valence-electron chi connectivity index (χ2n) is 6.37. The quantitative estimate of drug-likeness (QED) is 0.436. The van der Waals surface area contributed by atoms with Crippen LogP contribution in [0.2, 0.25) is 0 Å². The Morgan fingerprint density at radius 1 is 1.21 bits per heavy atom. The fraction of sp³-hybridized carbons (Fsp3) is 0.238. The summed E-state index contributed by atoms with van der Waals surface area (Å²) in [5, 5.41) is 3.55. The number of hydrogen-bond acceptors (Lipinski definition) is 6. The maximum absolute atomic E-state index is 12.5. The molecule has 0 aliphatic rings. The number of amides is 1. The molecule has 0 unspecified atom stereocenters. The lowest BCUT2D eigenvalue weighted by molar-refractivity contribution is -0.119. The van der Waals surface area contributed by atoms with E-state index in [1.54, 1.807) is 20.4 Å². The molecule has 1 atom stereocenters. The van der Waals surface area contributed by atoms with Gasteiger partial charge < -0.3 is 20.6 Å². The van der Waals surface area contributed by atoms with E-state index in [0.717, 1.165) is 16.8 Å². The lowest BCUT2D eigenvalue weighted by Gasteiger charge is -2.18. The van der Waals surface area contributed by atoms with E-state index in [1.807, 2.05) is 55.5 Å². The number of rotatable bonds is 8. The molecule has 0 saturated heterocycles. The van der Waals surface area contributed by atoms with Crippen molar-refractivity contribution in [2.75, 3.05) is 25.8 Å². The topological polar surface area (TPSA) is 91.4 Å². The van der Waals surface area contributed by atoms with Crippen molar-refractivity contribution in [2.24, 2.45) is 0 Å². The highest BCUT2D eigenvalue weighted by Crippen LogP contribution is 2.29. The second kappa shape index (κ2) is 9.38. The van der Waals surface area contributed by atoms with Crippen LogP contribution in [0.4, 0.5) is 0 Å². The molecule has 3 aromatic rings. The molecule has 0 aliphatic heterocycles. The normalized spacial score (nSPS) is 11.7. The van der Waals surface area contributed by atoms with Gasteiger partial charge in [0, 0.05) is 11.1 Å². The molecular weight excluding hydrogens is 388 g/mol. The van der Waals surface area contributed by atoms with E-state index < -0.39 is 0 Å². The van der Waals surface area contributed by atoms with E-state index in [9.17, 15) is 4.79 Å². The molecule has 0 saturated carbocycles. The summed E-state index contributed by atoms with van der Waals surface area (Å²) >= 11 is 1.28. The first-order valence-corrected chi connectivity index (χ1v) is 10.0. The van der Waals surface area contributed by atoms with Gasteiger partial charge in [0.2, 0.25) is 5.91 Å². The fourth-order valence-electron chi connectivity index (χ4n) is 2.90. The highest BCUT2D eigenvalue weighted by atomic mass is 32.2. The number of benzene rings is 2. The third-order valence-corrected chi connectivity index (χ3v) is 5.35. The van der Waals surface area contributed by atoms with Gasteiger partial charge in [0.1, 0.15) is 11.5 Å². The van der Waals surface area contributed by atoms with E-state index in [1.165, 1.54) is 16.4 Å². The number of nitrogens with zero attached hydrogens (tertiary/aromatic N) is 2. The minimum Gasteiger partial charge on any atom is -0.497 e. The van der Waals surface area contributed by atoms with Gasteiger partial charge in [-0.2, -0.15) is 0 Å². The van der Waals surface area contributed by atoms with Crippen LogP contribution in [-0.2, 0) is 4.79 Å². The molecule has 8 heteroatoms. The van der Waals surface area contributed by atoms with E-state index in [-0.39, 0.29) is 17.7 Å². The van der Waals surface area contributed by atoms with Crippen LogP contribution in [0, 0.1) is 0 Å². The number of nitrogen functional groups attached to an aromatic ring is 1.